The Kier molecular flexibility index (Phi) is 2.96. The van der Waals surface area contributed by atoms with Crippen molar-refractivity contribution >= 4 is 17.3 Å². The lowest BCUT2D eigenvalue weighted by Gasteiger charge is -2.08. The van der Waals surface area contributed by atoms with Crippen molar-refractivity contribution in [1.29, 1.82) is 0 Å². The van der Waals surface area contributed by atoms with E-state index < -0.39 is 0 Å². The van der Waals surface area contributed by atoms with E-state index >= 15 is 0 Å². The first-order chi connectivity index (χ1) is 6.56. The van der Waals surface area contributed by atoms with Gasteiger partial charge in [-0.05, 0) is 31.5 Å². The zero-order chi connectivity index (χ0) is 10.7. The lowest BCUT2D eigenvalue weighted by Crippen LogP contribution is -2.08. The van der Waals surface area contributed by atoms with Crippen LogP contribution in [0.3, 0.4) is 0 Å². The first-order valence-corrected chi connectivity index (χ1v) is 4.39. The van der Waals surface area contributed by atoms with Crippen molar-refractivity contribution in [3.05, 3.63) is 23.3 Å². The average molecular weight is 194 g/mol. The number of nitrogen functional groups attached to an aromatic ring is 2. The number of carbonyl (C=O) groups is 1. The van der Waals surface area contributed by atoms with E-state index in [2.05, 4.69) is 0 Å². The Morgan fingerprint density at radius 2 is 1.93 bits per heavy atom. The molecular formula is C10H14N2O2. The molecule has 4 N–H and O–H groups in total. The molecule has 76 valence electrons. The van der Waals surface area contributed by atoms with Crippen molar-refractivity contribution in [3.8, 4) is 0 Å². The van der Waals surface area contributed by atoms with Gasteiger partial charge in [-0.2, -0.15) is 0 Å². The van der Waals surface area contributed by atoms with Crippen molar-refractivity contribution in [2.45, 2.75) is 13.8 Å². The fourth-order valence-electron chi connectivity index (χ4n) is 1.18. The van der Waals surface area contributed by atoms with Crippen LogP contribution in [0.15, 0.2) is 12.1 Å². The number of esters is 1. The summed E-state index contributed by atoms with van der Waals surface area (Å²) in [5.74, 6) is -0.364. The third-order valence-corrected chi connectivity index (χ3v) is 1.93. The van der Waals surface area contributed by atoms with Crippen LogP contribution >= 0.6 is 0 Å². The number of aryl methyl sites for hydroxylation is 1. The zero-order valence-corrected chi connectivity index (χ0v) is 8.33. The maximum absolute atomic E-state index is 11.4. The normalized spacial score (nSPS) is 9.86. The number of rotatable bonds is 2. The largest absolute Gasteiger partial charge is 0.462 e. The second-order valence-electron chi connectivity index (χ2n) is 3.02. The number of benzene rings is 1. The van der Waals surface area contributed by atoms with Crippen LogP contribution in [0, 0.1) is 6.92 Å². The minimum Gasteiger partial charge on any atom is -0.462 e. The van der Waals surface area contributed by atoms with Crippen LogP contribution in [0.2, 0.25) is 0 Å². The lowest BCUT2D eigenvalue weighted by molar-refractivity contribution is 0.0525. The third kappa shape index (κ3) is 1.96. The summed E-state index contributed by atoms with van der Waals surface area (Å²) in [5, 5.41) is 0. The summed E-state index contributed by atoms with van der Waals surface area (Å²) < 4.78 is 4.87. The molecule has 0 bridgehead atoms. The highest BCUT2D eigenvalue weighted by atomic mass is 16.5. The molecular weight excluding hydrogens is 180 g/mol. The molecule has 0 aliphatic rings. The Labute approximate surface area is 82.8 Å². The van der Waals surface area contributed by atoms with Crippen LogP contribution in [-0.2, 0) is 4.74 Å². The van der Waals surface area contributed by atoms with Gasteiger partial charge in [0.05, 0.1) is 23.5 Å². The maximum Gasteiger partial charge on any atom is 0.338 e. The van der Waals surface area contributed by atoms with E-state index in [4.69, 9.17) is 16.2 Å². The smallest absolute Gasteiger partial charge is 0.338 e. The zero-order valence-electron chi connectivity index (χ0n) is 8.33. The lowest BCUT2D eigenvalue weighted by atomic mass is 10.1. The SMILES string of the molecule is CCOC(=O)c1cc(N)c(N)cc1C. The molecule has 4 heteroatoms. The van der Waals surface area contributed by atoms with Crippen LogP contribution in [0.1, 0.15) is 22.8 Å². The van der Waals surface area contributed by atoms with Gasteiger partial charge < -0.3 is 16.2 Å². The molecule has 0 spiro atoms. The highest BCUT2D eigenvalue weighted by Gasteiger charge is 2.11. The van der Waals surface area contributed by atoms with Gasteiger partial charge in [-0.1, -0.05) is 0 Å². The number of hydrogen-bond donors (Lipinski definition) is 2. The molecule has 0 saturated carbocycles. The van der Waals surface area contributed by atoms with Crippen molar-refractivity contribution in [3.63, 3.8) is 0 Å². The van der Waals surface area contributed by atoms with Crippen molar-refractivity contribution < 1.29 is 9.53 Å². The Bertz CT molecular complexity index is 361. The molecule has 0 atom stereocenters. The van der Waals surface area contributed by atoms with E-state index in [0.717, 1.165) is 5.56 Å². The molecule has 4 nitrogen and oxygen atoms in total. The van der Waals surface area contributed by atoms with Gasteiger partial charge in [-0.25, -0.2) is 4.79 Å². The standard InChI is InChI=1S/C10H14N2O2/c1-3-14-10(13)7-5-9(12)8(11)4-6(7)2/h4-5H,3,11-12H2,1-2H3. The maximum atomic E-state index is 11.4. The summed E-state index contributed by atoms with van der Waals surface area (Å²) >= 11 is 0. The molecule has 0 radical (unpaired) electrons. The predicted octanol–water partition coefficient (Wildman–Crippen LogP) is 1.34. The molecule has 0 unspecified atom stereocenters. The summed E-state index contributed by atoms with van der Waals surface area (Å²) in [6, 6.07) is 3.21. The first kappa shape index (κ1) is 10.4. The second kappa shape index (κ2) is 4.00. The monoisotopic (exact) mass is 194 g/mol. The van der Waals surface area contributed by atoms with Gasteiger partial charge in [0.1, 0.15) is 0 Å². The second-order valence-corrected chi connectivity index (χ2v) is 3.02. The predicted molar refractivity (Wildman–Crippen MR) is 56.0 cm³/mol. The van der Waals surface area contributed by atoms with Gasteiger partial charge in [-0.3, -0.25) is 0 Å². The fraction of sp³-hybridized carbons (Fsp3) is 0.300. The van der Waals surface area contributed by atoms with Crippen molar-refractivity contribution in [1.82, 2.24) is 0 Å². The van der Waals surface area contributed by atoms with E-state index in [0.29, 0.717) is 23.5 Å². The Morgan fingerprint density at radius 3 is 2.50 bits per heavy atom. The number of anilines is 2. The minimum atomic E-state index is -0.364. The van der Waals surface area contributed by atoms with Gasteiger partial charge >= 0.3 is 5.97 Å². The van der Waals surface area contributed by atoms with Crippen molar-refractivity contribution in [2.75, 3.05) is 18.1 Å². The van der Waals surface area contributed by atoms with Crippen molar-refractivity contribution in [2.24, 2.45) is 0 Å². The molecule has 0 amide bonds. The molecule has 1 aromatic rings. The van der Waals surface area contributed by atoms with Gasteiger partial charge in [0.15, 0.2) is 0 Å². The fourth-order valence-corrected chi connectivity index (χ4v) is 1.18. The summed E-state index contributed by atoms with van der Waals surface area (Å²) in [4.78, 5) is 11.4. The topological polar surface area (TPSA) is 78.3 Å². The highest BCUT2D eigenvalue weighted by Crippen LogP contribution is 2.20. The Balaban J connectivity index is 3.09. The molecule has 0 aliphatic carbocycles. The van der Waals surface area contributed by atoms with Gasteiger partial charge in [0, 0.05) is 0 Å². The summed E-state index contributed by atoms with van der Waals surface area (Å²) in [6.45, 7) is 3.90. The van der Waals surface area contributed by atoms with Gasteiger partial charge in [0.25, 0.3) is 0 Å². The molecule has 0 aliphatic heterocycles. The van der Waals surface area contributed by atoms with Crippen LogP contribution in [0.4, 0.5) is 11.4 Å². The van der Waals surface area contributed by atoms with E-state index in [1.165, 1.54) is 0 Å². The van der Waals surface area contributed by atoms with E-state index in [1.807, 2.05) is 0 Å². The van der Waals surface area contributed by atoms with Gasteiger partial charge in [0.2, 0.25) is 0 Å². The van der Waals surface area contributed by atoms with E-state index in [1.54, 1.807) is 26.0 Å². The number of nitrogens with two attached hydrogens (primary N) is 2. The third-order valence-electron chi connectivity index (χ3n) is 1.93. The minimum absolute atomic E-state index is 0.350. The number of hydrogen-bond acceptors (Lipinski definition) is 4. The van der Waals surface area contributed by atoms with Crippen LogP contribution < -0.4 is 11.5 Å². The summed E-state index contributed by atoms with van der Waals surface area (Å²) in [6.07, 6.45) is 0. The average Bonchev–Trinajstić information content (AvgIpc) is 2.11. The molecule has 1 aromatic carbocycles. The van der Waals surface area contributed by atoms with Crippen LogP contribution in [-0.4, -0.2) is 12.6 Å². The Hall–Kier alpha value is -1.71. The summed E-state index contributed by atoms with van der Waals surface area (Å²) in [5.41, 5.74) is 13.3. The highest BCUT2D eigenvalue weighted by molar-refractivity contribution is 5.93. The van der Waals surface area contributed by atoms with E-state index in [-0.39, 0.29) is 5.97 Å². The molecule has 0 aromatic heterocycles. The quantitative estimate of drug-likeness (QED) is 0.550. The number of ether oxygens (including phenoxy) is 1. The van der Waals surface area contributed by atoms with Crippen LogP contribution in [0.5, 0.6) is 0 Å². The molecule has 0 heterocycles. The number of carbonyl (C=O) groups excluding carboxylic acids is 1. The molecule has 0 saturated heterocycles. The first-order valence-electron chi connectivity index (χ1n) is 4.39. The van der Waals surface area contributed by atoms with E-state index in [9.17, 15) is 4.79 Å². The molecule has 0 fully saturated rings. The molecule has 14 heavy (non-hydrogen) atoms. The van der Waals surface area contributed by atoms with Gasteiger partial charge in [-0.15, -0.1) is 0 Å². The summed E-state index contributed by atoms with van der Waals surface area (Å²) in [7, 11) is 0. The molecule has 1 rings (SSSR count). The van der Waals surface area contributed by atoms with Crippen LogP contribution in [0.25, 0.3) is 0 Å². The Morgan fingerprint density at radius 1 is 1.36 bits per heavy atom.